The molecule has 0 aliphatic heterocycles. The number of aryl methyl sites for hydroxylation is 2. The SMILES string of the molecule is CCn1c2ccc(C)cc2c2cc(C=O)c(Br)cc21. The molecule has 0 saturated heterocycles. The Bertz CT molecular complexity index is 801. The predicted molar refractivity (Wildman–Crippen MR) is 82.9 cm³/mol. The van der Waals surface area contributed by atoms with E-state index in [1.807, 2.05) is 12.1 Å². The maximum absolute atomic E-state index is 11.1. The number of carbonyl (C=O) groups is 1. The molecule has 0 spiro atoms. The largest absolute Gasteiger partial charge is 0.341 e. The van der Waals surface area contributed by atoms with Crippen molar-refractivity contribution in [3.63, 3.8) is 0 Å². The van der Waals surface area contributed by atoms with Crippen LogP contribution in [0.3, 0.4) is 0 Å². The molecule has 0 bridgehead atoms. The van der Waals surface area contributed by atoms with Crippen molar-refractivity contribution in [2.24, 2.45) is 0 Å². The van der Waals surface area contributed by atoms with Crippen molar-refractivity contribution in [3.8, 4) is 0 Å². The van der Waals surface area contributed by atoms with Gasteiger partial charge in [-0.25, -0.2) is 0 Å². The lowest BCUT2D eigenvalue weighted by molar-refractivity contribution is 0.112. The van der Waals surface area contributed by atoms with Crippen LogP contribution in [0.2, 0.25) is 0 Å². The minimum atomic E-state index is 0.698. The zero-order chi connectivity index (χ0) is 13.6. The highest BCUT2D eigenvalue weighted by Gasteiger charge is 2.12. The van der Waals surface area contributed by atoms with Crippen LogP contribution in [0.15, 0.2) is 34.8 Å². The van der Waals surface area contributed by atoms with Gasteiger partial charge in [0.15, 0.2) is 6.29 Å². The summed E-state index contributed by atoms with van der Waals surface area (Å²) in [5, 5.41) is 2.36. The average Bonchev–Trinajstić information content (AvgIpc) is 2.69. The molecule has 3 rings (SSSR count). The first kappa shape index (κ1) is 12.4. The van der Waals surface area contributed by atoms with Crippen LogP contribution in [0, 0.1) is 6.92 Å². The van der Waals surface area contributed by atoms with Crippen molar-refractivity contribution in [2.75, 3.05) is 0 Å². The van der Waals surface area contributed by atoms with Gasteiger partial charge in [0.05, 0.1) is 5.52 Å². The summed E-state index contributed by atoms with van der Waals surface area (Å²) in [7, 11) is 0. The van der Waals surface area contributed by atoms with E-state index in [1.165, 1.54) is 22.0 Å². The van der Waals surface area contributed by atoms with E-state index >= 15 is 0 Å². The second-order valence-electron chi connectivity index (χ2n) is 4.77. The number of carbonyl (C=O) groups excluding carboxylic acids is 1. The second kappa shape index (κ2) is 4.49. The Labute approximate surface area is 120 Å². The molecule has 2 aromatic carbocycles. The topological polar surface area (TPSA) is 22.0 Å². The van der Waals surface area contributed by atoms with E-state index in [4.69, 9.17) is 0 Å². The number of benzene rings is 2. The van der Waals surface area contributed by atoms with Crippen molar-refractivity contribution in [1.82, 2.24) is 4.57 Å². The average molecular weight is 316 g/mol. The van der Waals surface area contributed by atoms with Crippen LogP contribution in [0.5, 0.6) is 0 Å². The van der Waals surface area contributed by atoms with Crippen LogP contribution >= 0.6 is 15.9 Å². The molecule has 1 heterocycles. The highest BCUT2D eigenvalue weighted by molar-refractivity contribution is 9.10. The van der Waals surface area contributed by atoms with Crippen molar-refractivity contribution < 1.29 is 4.79 Å². The summed E-state index contributed by atoms with van der Waals surface area (Å²) in [5.74, 6) is 0. The molecule has 2 nitrogen and oxygen atoms in total. The molecule has 96 valence electrons. The first-order valence-electron chi connectivity index (χ1n) is 6.33. The lowest BCUT2D eigenvalue weighted by atomic mass is 10.1. The fourth-order valence-corrected chi connectivity index (χ4v) is 3.11. The molecule has 0 radical (unpaired) electrons. The molecular formula is C16H14BrNO. The van der Waals surface area contributed by atoms with E-state index in [0.717, 1.165) is 22.7 Å². The van der Waals surface area contributed by atoms with Crippen molar-refractivity contribution in [1.29, 1.82) is 0 Å². The number of aromatic nitrogens is 1. The Hall–Kier alpha value is -1.61. The van der Waals surface area contributed by atoms with E-state index < -0.39 is 0 Å². The second-order valence-corrected chi connectivity index (χ2v) is 5.63. The molecule has 19 heavy (non-hydrogen) atoms. The molecule has 0 N–H and O–H groups in total. The Morgan fingerprint density at radius 1 is 1.16 bits per heavy atom. The van der Waals surface area contributed by atoms with Crippen molar-refractivity contribution >= 4 is 44.0 Å². The van der Waals surface area contributed by atoms with Crippen LogP contribution in [-0.2, 0) is 6.54 Å². The predicted octanol–water partition coefficient (Wildman–Crippen LogP) is 4.70. The Kier molecular flexibility index (Phi) is 2.94. The van der Waals surface area contributed by atoms with Crippen LogP contribution < -0.4 is 0 Å². The molecule has 0 aliphatic rings. The van der Waals surface area contributed by atoms with Gasteiger partial charge >= 0.3 is 0 Å². The summed E-state index contributed by atoms with van der Waals surface area (Å²) in [5.41, 5.74) is 4.32. The molecule has 3 heteroatoms. The number of fused-ring (bicyclic) bond motifs is 3. The van der Waals surface area contributed by atoms with E-state index in [9.17, 15) is 4.79 Å². The van der Waals surface area contributed by atoms with Gasteiger partial charge < -0.3 is 4.57 Å². The molecular weight excluding hydrogens is 302 g/mol. The number of aldehydes is 1. The molecule has 0 fully saturated rings. The van der Waals surface area contributed by atoms with E-state index in [0.29, 0.717) is 5.56 Å². The summed E-state index contributed by atoms with van der Waals surface area (Å²) in [6.07, 6.45) is 0.897. The minimum Gasteiger partial charge on any atom is -0.341 e. The monoisotopic (exact) mass is 315 g/mol. The quantitative estimate of drug-likeness (QED) is 0.628. The zero-order valence-corrected chi connectivity index (χ0v) is 12.5. The van der Waals surface area contributed by atoms with Crippen LogP contribution in [0.1, 0.15) is 22.8 Å². The Balaban J connectivity index is 2.55. The fraction of sp³-hybridized carbons (Fsp3) is 0.188. The first-order valence-corrected chi connectivity index (χ1v) is 7.12. The van der Waals surface area contributed by atoms with Crippen LogP contribution in [0.25, 0.3) is 21.8 Å². The molecule has 3 aromatic rings. The van der Waals surface area contributed by atoms with E-state index in [1.54, 1.807) is 0 Å². The summed E-state index contributed by atoms with van der Waals surface area (Å²) in [4.78, 5) is 11.1. The normalized spacial score (nSPS) is 11.3. The minimum absolute atomic E-state index is 0.698. The van der Waals surface area contributed by atoms with Crippen LogP contribution in [-0.4, -0.2) is 10.9 Å². The van der Waals surface area contributed by atoms with Gasteiger partial charge in [-0.15, -0.1) is 0 Å². The summed E-state index contributed by atoms with van der Waals surface area (Å²) in [6.45, 7) is 5.14. The summed E-state index contributed by atoms with van der Waals surface area (Å²) >= 11 is 3.47. The Morgan fingerprint density at radius 2 is 1.89 bits per heavy atom. The van der Waals surface area contributed by atoms with Gasteiger partial charge in [0.25, 0.3) is 0 Å². The maximum atomic E-state index is 11.1. The highest BCUT2D eigenvalue weighted by Crippen LogP contribution is 2.33. The molecule has 1 aromatic heterocycles. The number of hydrogen-bond acceptors (Lipinski definition) is 1. The van der Waals surface area contributed by atoms with E-state index in [2.05, 4.69) is 52.5 Å². The number of hydrogen-bond donors (Lipinski definition) is 0. The number of rotatable bonds is 2. The van der Waals surface area contributed by atoms with Crippen molar-refractivity contribution in [3.05, 3.63) is 45.9 Å². The molecule has 0 aliphatic carbocycles. The van der Waals surface area contributed by atoms with Crippen LogP contribution in [0.4, 0.5) is 0 Å². The van der Waals surface area contributed by atoms with Gasteiger partial charge in [-0.3, -0.25) is 4.79 Å². The van der Waals surface area contributed by atoms with Gasteiger partial charge in [0.2, 0.25) is 0 Å². The van der Waals surface area contributed by atoms with Gasteiger partial charge in [0.1, 0.15) is 0 Å². The molecule has 0 atom stereocenters. The molecule has 0 unspecified atom stereocenters. The third kappa shape index (κ3) is 1.80. The third-order valence-electron chi connectivity index (χ3n) is 3.58. The zero-order valence-electron chi connectivity index (χ0n) is 10.9. The van der Waals surface area contributed by atoms with Gasteiger partial charge in [-0.05, 0) is 54.0 Å². The van der Waals surface area contributed by atoms with Gasteiger partial charge in [-0.2, -0.15) is 0 Å². The highest BCUT2D eigenvalue weighted by atomic mass is 79.9. The number of halogens is 1. The van der Waals surface area contributed by atoms with Crippen molar-refractivity contribution in [2.45, 2.75) is 20.4 Å². The van der Waals surface area contributed by atoms with Gasteiger partial charge in [-0.1, -0.05) is 11.6 Å². The number of nitrogens with zero attached hydrogens (tertiary/aromatic N) is 1. The van der Waals surface area contributed by atoms with Gasteiger partial charge in [0, 0.05) is 32.9 Å². The Morgan fingerprint density at radius 3 is 2.58 bits per heavy atom. The smallest absolute Gasteiger partial charge is 0.151 e. The first-order chi connectivity index (χ1) is 9.15. The molecule has 0 amide bonds. The summed E-state index contributed by atoms with van der Waals surface area (Å²) < 4.78 is 3.13. The lowest BCUT2D eigenvalue weighted by Gasteiger charge is -2.04. The lowest BCUT2D eigenvalue weighted by Crippen LogP contribution is -1.93. The molecule has 0 saturated carbocycles. The fourth-order valence-electron chi connectivity index (χ4n) is 2.68. The van der Waals surface area contributed by atoms with E-state index in [-0.39, 0.29) is 0 Å². The summed E-state index contributed by atoms with van der Waals surface area (Å²) in [6, 6.07) is 10.5. The maximum Gasteiger partial charge on any atom is 0.151 e. The standard InChI is InChI=1S/C16H14BrNO/c1-3-18-15-5-4-10(2)6-12(15)13-7-11(9-19)14(17)8-16(13)18/h4-9H,3H2,1-2H3. The third-order valence-corrected chi connectivity index (χ3v) is 4.27.